The van der Waals surface area contributed by atoms with Crippen molar-refractivity contribution in [3.8, 4) is 17.6 Å². The summed E-state index contributed by atoms with van der Waals surface area (Å²) >= 11 is 38.4. The zero-order valence-electron chi connectivity index (χ0n) is 85.1. The van der Waals surface area contributed by atoms with Gasteiger partial charge in [-0.2, -0.15) is 30.2 Å². The highest BCUT2D eigenvalue weighted by Gasteiger charge is 2.40. The molecule has 0 spiro atoms. The number of nitrogens with zero attached hydrogens (tertiary/aromatic N) is 20. The fourth-order valence-corrected chi connectivity index (χ4v) is 29.8. The van der Waals surface area contributed by atoms with Crippen LogP contribution < -0.4 is 36.3 Å². The number of aliphatic carboxylic acids is 1. The van der Waals surface area contributed by atoms with Gasteiger partial charge in [-0.15, -0.1) is 56.7 Å². The van der Waals surface area contributed by atoms with E-state index in [1.165, 1.54) is 46.6 Å². The van der Waals surface area contributed by atoms with Gasteiger partial charge >= 0.3 is 5.97 Å². The number of ether oxygens (including phenoxy) is 3. The molecule has 4 fully saturated rings. The monoisotopic (exact) mass is 2190 g/mol. The number of carbonyl (C=O) groups excluding carboxylic acids is 4. The third-order valence-electron chi connectivity index (χ3n) is 29.2. The number of aryl methyl sites for hydroxylation is 8. The number of primary amides is 1. The number of fused-ring (bicyclic) bond motifs is 15. The predicted molar refractivity (Wildman–Crippen MR) is 583 cm³/mol. The third-order valence-corrected chi connectivity index (χ3v) is 36.0. The summed E-state index contributed by atoms with van der Waals surface area (Å²) < 4.78 is 24.6. The number of Topliss-reactive ketones (excluding diaryl/α,β-unsaturated/α-hetero) is 3. The predicted octanol–water partition coefficient (Wildman–Crippen LogP) is 20.7. The number of carboxylic acids is 1. The number of thiophene rings is 5. The molecule has 4 saturated carbocycles. The first-order valence-corrected chi connectivity index (χ1v) is 56.3. The number of aliphatic hydroxyl groups is 1. The van der Waals surface area contributed by atoms with Crippen LogP contribution in [0.2, 0.25) is 26.2 Å². The normalized spacial score (nSPS) is 22.2. The highest BCUT2D eigenvalue weighted by atomic mass is 35.5. The van der Waals surface area contributed by atoms with Gasteiger partial charge < -0.3 is 80.5 Å². The van der Waals surface area contributed by atoms with E-state index in [-0.39, 0.29) is 99.5 Å². The Morgan fingerprint density at radius 3 is 0.938 bits per heavy atom. The molecular formula is C102H131Cl5N24O10S5. The first-order chi connectivity index (χ1) is 69.8. The number of carbonyl (C=O) groups is 5. The van der Waals surface area contributed by atoms with Crippen molar-refractivity contribution in [2.75, 3.05) is 72.7 Å². The van der Waals surface area contributed by atoms with E-state index < -0.39 is 5.97 Å². The highest BCUT2D eigenvalue weighted by molar-refractivity contribution is 7.20. The molecule has 0 saturated heterocycles. The topological polar surface area (TPSA) is 425 Å². The average molecular weight is 2190 g/mol. The smallest absolute Gasteiger partial charge is 0.303 e. The van der Waals surface area contributed by atoms with Crippen LogP contribution in [0.1, 0.15) is 270 Å². The molecule has 5 atom stereocenters. The van der Waals surface area contributed by atoms with Gasteiger partial charge in [0.05, 0.1) is 75.1 Å². The van der Waals surface area contributed by atoms with Gasteiger partial charge in [-0.25, -0.2) is 34.9 Å². The van der Waals surface area contributed by atoms with Crippen LogP contribution in [0.25, 0.3) is 51.1 Å². The van der Waals surface area contributed by atoms with Crippen LogP contribution in [0.4, 0.5) is 29.0 Å². The summed E-state index contributed by atoms with van der Waals surface area (Å²) in [6.07, 6.45) is 39.7. The highest BCUT2D eigenvalue weighted by Crippen LogP contribution is 2.54. The Hall–Kier alpha value is -9.17. The maximum atomic E-state index is 11.7. The number of rotatable bonds is 24. The van der Waals surface area contributed by atoms with Crippen LogP contribution in [0.5, 0.6) is 17.6 Å². The summed E-state index contributed by atoms with van der Waals surface area (Å²) in [5.41, 5.74) is 19.0. The first-order valence-electron chi connectivity index (χ1n) is 50.3. The molecular weight excluding hydrogens is 2060 g/mol. The van der Waals surface area contributed by atoms with Gasteiger partial charge in [0.25, 0.3) is 0 Å². The van der Waals surface area contributed by atoms with Crippen LogP contribution in [0.3, 0.4) is 0 Å². The molecule has 784 valence electrons. The molecule has 0 radical (unpaired) electrons. The number of aromatic nitrogens is 16. The number of anilines is 5. The van der Waals surface area contributed by atoms with E-state index in [4.69, 9.17) is 104 Å². The number of nitrogens with two attached hydrogens (primary N) is 2. The Labute approximate surface area is 895 Å². The van der Waals surface area contributed by atoms with Crippen LogP contribution in [0, 0.1) is 0 Å². The number of hydrogen-bond donors (Lipinski definition) is 6. The summed E-state index contributed by atoms with van der Waals surface area (Å²) in [6.45, 7) is 4.92. The summed E-state index contributed by atoms with van der Waals surface area (Å²) in [5, 5.41) is 43.4. The average Bonchev–Trinajstić information content (AvgIpc) is 1.59. The van der Waals surface area contributed by atoms with E-state index >= 15 is 0 Å². The molecule has 22 rings (SSSR count). The minimum atomic E-state index is -0.771. The lowest BCUT2D eigenvalue weighted by Crippen LogP contribution is -2.35. The Balaban J connectivity index is 0.000000127. The molecule has 9 aliphatic carbocycles. The molecule has 0 aromatic carbocycles. The number of ketones is 3. The van der Waals surface area contributed by atoms with Gasteiger partial charge in [0, 0.05) is 114 Å². The zero-order chi connectivity index (χ0) is 104. The van der Waals surface area contributed by atoms with Gasteiger partial charge in [-0.3, -0.25) is 23.6 Å². The molecule has 0 bridgehead atoms. The number of amides is 1. The molecule has 1 amide bonds. The van der Waals surface area contributed by atoms with Crippen LogP contribution in [-0.4, -0.2) is 243 Å². The van der Waals surface area contributed by atoms with Gasteiger partial charge in [0.2, 0.25) is 51.3 Å². The van der Waals surface area contributed by atoms with Crippen molar-refractivity contribution in [1.82, 2.24) is 98.8 Å². The molecule has 146 heavy (non-hydrogen) atoms. The molecule has 44 heteroatoms. The number of hydrogen-bond acceptors (Lipinski definition) is 34. The summed E-state index contributed by atoms with van der Waals surface area (Å²) in [7, 11) is 22.6. The van der Waals surface area contributed by atoms with Gasteiger partial charge in [-0.05, 0) is 336 Å². The molecule has 13 aromatic rings. The van der Waals surface area contributed by atoms with Crippen molar-refractivity contribution >= 4 is 224 Å². The lowest BCUT2D eigenvalue weighted by molar-refractivity contribution is -0.137. The second-order valence-electron chi connectivity index (χ2n) is 40.8. The summed E-state index contributed by atoms with van der Waals surface area (Å²) in [4.78, 5) is 122. The van der Waals surface area contributed by atoms with Crippen molar-refractivity contribution in [2.45, 2.75) is 298 Å². The van der Waals surface area contributed by atoms with Gasteiger partial charge in [0.1, 0.15) is 70.1 Å². The number of nitrogens with one attached hydrogen (secondary N) is 2. The van der Waals surface area contributed by atoms with Crippen molar-refractivity contribution in [1.29, 1.82) is 0 Å². The fourth-order valence-electron chi connectivity index (χ4n) is 22.1. The minimum absolute atomic E-state index is 0.0150. The van der Waals surface area contributed by atoms with Crippen molar-refractivity contribution < 1.29 is 48.4 Å². The number of aliphatic hydroxyl groups excluding tert-OH is 1. The van der Waals surface area contributed by atoms with Gasteiger partial charge in [0.15, 0.2) is 0 Å². The molecule has 13 heterocycles. The first kappa shape index (κ1) is 110. The molecule has 34 nitrogen and oxygen atoms in total. The Bertz CT molecular complexity index is 6510. The minimum Gasteiger partial charge on any atom is -0.481 e. The van der Waals surface area contributed by atoms with Gasteiger partial charge in [-0.1, -0.05) is 23.2 Å². The summed E-state index contributed by atoms with van der Waals surface area (Å²) in [5.74, 6) is 3.25. The molecule has 13 aromatic heterocycles. The second kappa shape index (κ2) is 48.8. The van der Waals surface area contributed by atoms with Crippen LogP contribution in [0.15, 0.2) is 37.2 Å². The molecule has 0 aliphatic heterocycles. The maximum Gasteiger partial charge on any atom is 0.303 e. The standard InChI is InChI=1S/C23H31N7O2S.C23H30N6O3S.C20H26ClN3O2S.2C12H10Cl2N2OS.C8H17NO.C4H7N3/c1-29(2)15-5-7-16(8-6-15)32-21-20-19-13(10-18(24)31)4-9-17(19)33-22(20)28-23(27-21)26-14-11-25-30(3)12-14;1-28(2)15-5-7-16(8-6-15)32-21-20-19-13(10-18(30)31)4-9-17(19)33-22(20)27-23(26-21)25-14-11-24-29(3)12-14;1-11(25)10-12-4-9-15-16(12)17-18(22-20(21)23-19(17)27-15)26-14-7-5-13(6-8-14)24(2)3;2*1-5(17)4-6-2-3-7-8(6)9-10(13)15-12(14)16-11(9)18-7;1-9(2)7-3-5-8(10)6-4-7;1-7-3-4(5)2-6-7/h11-13,15-16H,4-10H2,1-3H3,(H2,24,31)(H,26,27,28);11-13,15-16H,4-10H2,1-3H3,(H,30,31)(H,25,26,27);12-14H,4-10H2,1-3H3;2*6H,2-4H2,1H3;7-8,10H,3-6H2,1-2H3;2-3H,5H2,1H3/t2*13-,15?,16?;12-,13?,14?;2*6-;;/m00010../s1. The van der Waals surface area contributed by atoms with Crippen molar-refractivity contribution in [2.24, 2.45) is 26.9 Å². The Morgan fingerprint density at radius 2 is 0.658 bits per heavy atom. The van der Waals surface area contributed by atoms with Crippen LogP contribution in [-0.2, 0) is 77.2 Å². The Morgan fingerprint density at radius 1 is 0.377 bits per heavy atom. The maximum absolute atomic E-state index is 11.7. The Kier molecular flexibility index (Phi) is 36.6. The lowest BCUT2D eigenvalue weighted by atomic mass is 9.92. The van der Waals surface area contributed by atoms with Crippen molar-refractivity contribution in [3.63, 3.8) is 0 Å². The number of nitrogen functional groups attached to an aromatic ring is 1. The van der Waals surface area contributed by atoms with Crippen molar-refractivity contribution in [3.05, 3.63) is 116 Å². The van der Waals surface area contributed by atoms with E-state index in [1.54, 1.807) is 116 Å². The lowest BCUT2D eigenvalue weighted by Gasteiger charge is -2.32. The molecule has 8 N–H and O–H groups in total. The fraction of sp³-hybridized carbons (Fsp3) is 0.569. The van der Waals surface area contributed by atoms with E-state index in [2.05, 4.69) is 132 Å². The SMILES string of the molecule is CC(=O)C[C@@H]1CCc2sc3nc(Cl)nc(Cl)c3c21.CC(=O)C[C@@H]1CCc2sc3nc(Cl)nc(OC4CCC(N(C)C)CC4)c3c21.CC(=O)C[C@H]1CCc2sc3nc(Cl)nc(Cl)c3c21.CN(C)C1CCC(O)CC1.CN(C)C1CCC(Oc2nc(Nc3cnn(C)c3)nc3sc4c(c23)[C@H](CC(=O)O)CC4)CC1.CN(C)C1CCC(Oc2nc(Nc3cnn(C)c3)nc3sc4c(c23)[C@H](CC(N)=O)CC4)CC1.Cn1cc(N)cn1. The largest absolute Gasteiger partial charge is 0.481 e. The summed E-state index contributed by atoms with van der Waals surface area (Å²) in [6, 6.07) is 2.53. The quantitative estimate of drug-likeness (QED) is 0.0242. The third kappa shape index (κ3) is 27.0. The number of carboxylic acid groups (broad SMARTS) is 1. The zero-order valence-corrected chi connectivity index (χ0v) is 92.9. The van der Waals surface area contributed by atoms with E-state index in [0.717, 1.165) is 235 Å². The molecule has 9 aliphatic rings. The molecule has 0 unspecified atom stereocenters. The van der Waals surface area contributed by atoms with E-state index in [0.29, 0.717) is 95.4 Å². The number of halogens is 5. The van der Waals surface area contributed by atoms with E-state index in [9.17, 15) is 34.2 Å². The van der Waals surface area contributed by atoms with Crippen LogP contribution >= 0.6 is 115 Å². The van der Waals surface area contributed by atoms with E-state index in [1.807, 2.05) is 33.5 Å². The second-order valence-corrected chi connectivity index (χ2v) is 47.9.